The van der Waals surface area contributed by atoms with Crippen LogP contribution in [-0.4, -0.2) is 23.8 Å². The molecular weight excluding hydrogens is 102 g/mol. The van der Waals surface area contributed by atoms with E-state index in [0.717, 1.165) is 25.9 Å². The van der Waals surface area contributed by atoms with E-state index in [9.17, 15) is 5.11 Å². The lowest BCUT2D eigenvalue weighted by Gasteiger charge is -2.26. The highest BCUT2D eigenvalue weighted by Crippen LogP contribution is 2.16. The van der Waals surface area contributed by atoms with Crippen molar-refractivity contribution in [1.82, 2.24) is 5.32 Å². The van der Waals surface area contributed by atoms with Crippen molar-refractivity contribution < 1.29 is 5.11 Å². The summed E-state index contributed by atoms with van der Waals surface area (Å²) in [4.78, 5) is 0. The average Bonchev–Trinajstić information content (AvgIpc) is 1.65. The van der Waals surface area contributed by atoms with E-state index in [1.54, 1.807) is 0 Å². The highest BCUT2D eigenvalue weighted by atomic mass is 16.3. The summed E-state index contributed by atoms with van der Waals surface area (Å²) in [5, 5.41) is 13.4. The van der Waals surface area contributed by atoms with Crippen LogP contribution in [0.25, 0.3) is 0 Å². The van der Waals surface area contributed by atoms with Crippen molar-refractivity contribution in [3.05, 3.63) is 0 Å². The Morgan fingerprint density at radius 3 is 2.12 bits per heavy atom. The van der Waals surface area contributed by atoms with E-state index in [0.29, 0.717) is 0 Å². The van der Waals surface area contributed by atoms with Gasteiger partial charge in [0.15, 0.2) is 0 Å². The maximum absolute atomic E-state index is 9.31. The van der Waals surface area contributed by atoms with Gasteiger partial charge >= 0.3 is 0 Å². The number of hydrogen-bond donors (Lipinski definition) is 1. The molecule has 0 amide bonds. The van der Waals surface area contributed by atoms with Crippen LogP contribution in [0.1, 0.15) is 19.8 Å². The van der Waals surface area contributed by atoms with Gasteiger partial charge in [0.25, 0.3) is 0 Å². The van der Waals surface area contributed by atoms with Gasteiger partial charge in [0.05, 0.1) is 5.60 Å². The summed E-state index contributed by atoms with van der Waals surface area (Å²) >= 11 is 0. The Morgan fingerprint density at radius 1 is 1.38 bits per heavy atom. The van der Waals surface area contributed by atoms with Gasteiger partial charge < -0.3 is 5.11 Å². The molecule has 1 aliphatic heterocycles. The second-order valence-electron chi connectivity index (χ2n) is 2.67. The van der Waals surface area contributed by atoms with Crippen LogP contribution in [0.15, 0.2) is 0 Å². The van der Waals surface area contributed by atoms with E-state index in [2.05, 4.69) is 5.32 Å². The van der Waals surface area contributed by atoms with Crippen molar-refractivity contribution in [2.24, 2.45) is 0 Å². The van der Waals surface area contributed by atoms with E-state index in [-0.39, 0.29) is 0 Å². The fraction of sp³-hybridized carbons (Fsp3) is 1.00. The first kappa shape index (κ1) is 6.05. The fourth-order valence-electron chi connectivity index (χ4n) is 0.877. The molecule has 2 nitrogen and oxygen atoms in total. The minimum atomic E-state index is -0.415. The van der Waals surface area contributed by atoms with Crippen molar-refractivity contribution in [2.45, 2.75) is 25.4 Å². The molecule has 0 spiro atoms. The second kappa shape index (κ2) is 2.03. The Hall–Kier alpha value is -0.0800. The predicted octanol–water partition coefficient (Wildman–Crippen LogP) is 0.136. The largest absolute Gasteiger partial charge is 0.390 e. The first-order chi connectivity index (χ1) is 3.71. The van der Waals surface area contributed by atoms with Crippen LogP contribution in [-0.2, 0) is 0 Å². The average molecular weight is 114 g/mol. The van der Waals surface area contributed by atoms with E-state index in [4.69, 9.17) is 0 Å². The van der Waals surface area contributed by atoms with Crippen LogP contribution in [0.2, 0.25) is 0 Å². The minimum absolute atomic E-state index is 0.415. The van der Waals surface area contributed by atoms with Gasteiger partial charge in [-0.1, -0.05) is 0 Å². The monoisotopic (exact) mass is 114 g/mol. The molecule has 0 aromatic heterocycles. The summed E-state index contributed by atoms with van der Waals surface area (Å²) < 4.78 is 0. The topological polar surface area (TPSA) is 34.3 Å². The zero-order valence-electron chi connectivity index (χ0n) is 5.22. The lowest BCUT2D eigenvalue weighted by molar-refractivity contribution is 0.0283. The van der Waals surface area contributed by atoms with Crippen LogP contribution < -0.4 is 5.32 Å². The fourth-order valence-corrected chi connectivity index (χ4v) is 0.877. The maximum Gasteiger partial charge on any atom is 0.0645 e. The minimum Gasteiger partial charge on any atom is -0.390 e. The van der Waals surface area contributed by atoms with E-state index < -0.39 is 5.60 Å². The van der Waals surface area contributed by atoms with Crippen molar-refractivity contribution in [2.75, 3.05) is 13.1 Å². The van der Waals surface area contributed by atoms with Crippen LogP contribution in [0.3, 0.4) is 0 Å². The molecule has 0 aliphatic carbocycles. The van der Waals surface area contributed by atoms with E-state index >= 15 is 0 Å². The molecule has 2 heteroatoms. The van der Waals surface area contributed by atoms with Crippen molar-refractivity contribution in [1.29, 1.82) is 0 Å². The van der Waals surface area contributed by atoms with Crippen molar-refractivity contribution in [3.63, 3.8) is 0 Å². The molecule has 1 aliphatic rings. The van der Waals surface area contributed by atoms with Gasteiger partial charge in [-0.15, -0.1) is 0 Å². The van der Waals surface area contributed by atoms with Crippen molar-refractivity contribution >= 4 is 0 Å². The van der Waals surface area contributed by atoms with Crippen LogP contribution in [0.4, 0.5) is 0 Å². The van der Waals surface area contributed by atoms with Crippen LogP contribution in [0.5, 0.6) is 0 Å². The summed E-state index contributed by atoms with van der Waals surface area (Å²) in [6.45, 7) is 3.56. The summed E-state index contributed by atoms with van der Waals surface area (Å²) in [5.41, 5.74) is -0.415. The Morgan fingerprint density at radius 2 is 1.88 bits per heavy atom. The first-order valence-corrected chi connectivity index (χ1v) is 3.06. The number of rotatable bonds is 0. The molecule has 1 saturated heterocycles. The van der Waals surface area contributed by atoms with Gasteiger partial charge in [0, 0.05) is 13.1 Å². The normalized spacial score (nSPS) is 27.8. The summed E-state index contributed by atoms with van der Waals surface area (Å²) in [5.74, 6) is 0. The van der Waals surface area contributed by atoms with Gasteiger partial charge in [0.1, 0.15) is 0 Å². The molecular formula is C6H12NO. The Bertz CT molecular complexity index is 72.6. The summed E-state index contributed by atoms with van der Waals surface area (Å²) in [6, 6.07) is 0. The Labute approximate surface area is 49.9 Å². The zero-order valence-corrected chi connectivity index (χ0v) is 5.22. The number of piperidine rings is 1. The van der Waals surface area contributed by atoms with Gasteiger partial charge in [-0.2, -0.15) is 0 Å². The second-order valence-corrected chi connectivity index (χ2v) is 2.67. The molecule has 0 aromatic carbocycles. The molecule has 1 N–H and O–H groups in total. The summed E-state index contributed by atoms with van der Waals surface area (Å²) in [6.07, 6.45) is 1.68. The molecule has 0 unspecified atom stereocenters. The van der Waals surface area contributed by atoms with Gasteiger partial charge in [-0.25, -0.2) is 5.32 Å². The van der Waals surface area contributed by atoms with E-state index in [1.165, 1.54) is 0 Å². The van der Waals surface area contributed by atoms with Gasteiger partial charge in [-0.3, -0.25) is 0 Å². The predicted molar refractivity (Wildman–Crippen MR) is 31.7 cm³/mol. The third-order valence-corrected chi connectivity index (χ3v) is 1.62. The molecule has 8 heavy (non-hydrogen) atoms. The number of hydrogen-bond acceptors (Lipinski definition) is 1. The molecule has 0 aromatic rings. The summed E-state index contributed by atoms with van der Waals surface area (Å²) in [7, 11) is 0. The molecule has 1 rings (SSSR count). The van der Waals surface area contributed by atoms with Crippen LogP contribution in [0, 0.1) is 0 Å². The first-order valence-electron chi connectivity index (χ1n) is 3.06. The number of aliphatic hydroxyl groups is 1. The molecule has 0 bridgehead atoms. The third kappa shape index (κ3) is 1.46. The molecule has 1 fully saturated rings. The highest BCUT2D eigenvalue weighted by Gasteiger charge is 2.22. The smallest absolute Gasteiger partial charge is 0.0645 e. The maximum atomic E-state index is 9.31. The van der Waals surface area contributed by atoms with E-state index in [1.807, 2.05) is 6.92 Å². The molecule has 0 atom stereocenters. The molecule has 1 radical (unpaired) electrons. The molecule has 47 valence electrons. The Balaban J connectivity index is 2.33. The third-order valence-electron chi connectivity index (χ3n) is 1.62. The lowest BCUT2D eigenvalue weighted by Crippen LogP contribution is -2.35. The zero-order chi connectivity index (χ0) is 6.04. The SMILES string of the molecule is CC1(O)CC[N]CC1. The quantitative estimate of drug-likeness (QED) is 0.477. The lowest BCUT2D eigenvalue weighted by atomic mass is 9.95. The molecule has 0 saturated carbocycles. The molecule has 1 heterocycles. The standard InChI is InChI=1S/C6H12NO/c1-6(8)2-4-7-5-3-6/h8H,2-5H2,1H3. The van der Waals surface area contributed by atoms with Gasteiger partial charge in [-0.05, 0) is 19.8 Å². The van der Waals surface area contributed by atoms with Gasteiger partial charge in [0.2, 0.25) is 0 Å². The van der Waals surface area contributed by atoms with Crippen molar-refractivity contribution in [3.8, 4) is 0 Å². The highest BCUT2D eigenvalue weighted by molar-refractivity contribution is 4.78. The van der Waals surface area contributed by atoms with Crippen LogP contribution >= 0.6 is 0 Å². The number of nitrogens with zero attached hydrogens (tertiary/aromatic N) is 1. The Kier molecular flexibility index (Phi) is 1.54.